The van der Waals surface area contributed by atoms with E-state index in [2.05, 4.69) is 21.2 Å². The fourth-order valence-electron chi connectivity index (χ4n) is 2.60. The van der Waals surface area contributed by atoms with E-state index in [0.29, 0.717) is 15.2 Å². The van der Waals surface area contributed by atoms with Gasteiger partial charge in [-0.1, -0.05) is 0 Å². The van der Waals surface area contributed by atoms with Gasteiger partial charge in [-0.15, -0.1) is 11.3 Å². The van der Waals surface area contributed by atoms with Crippen LogP contribution in [0.15, 0.2) is 21.2 Å². The number of esters is 2. The highest BCUT2D eigenvalue weighted by molar-refractivity contribution is 9.10. The average molecular weight is 428 g/mol. The molecule has 0 unspecified atom stereocenters. The zero-order chi connectivity index (χ0) is 18.0. The summed E-state index contributed by atoms with van der Waals surface area (Å²) in [5.74, 6) is -1.77. The van der Waals surface area contributed by atoms with Crippen LogP contribution in [0.25, 0.3) is 0 Å². The molecule has 1 amide bonds. The molecule has 3 rings (SSSR count). The van der Waals surface area contributed by atoms with Gasteiger partial charge in [0, 0.05) is 4.88 Å². The normalized spacial score (nSPS) is 12.6. The van der Waals surface area contributed by atoms with Gasteiger partial charge >= 0.3 is 11.9 Å². The first-order chi connectivity index (χ1) is 12.0. The first kappa shape index (κ1) is 17.7. The Balaban J connectivity index is 1.65. The van der Waals surface area contributed by atoms with Gasteiger partial charge in [-0.2, -0.15) is 0 Å². The number of halogens is 1. The molecule has 0 fully saturated rings. The lowest BCUT2D eigenvalue weighted by molar-refractivity contribution is -0.119. The van der Waals surface area contributed by atoms with Crippen molar-refractivity contribution in [1.29, 1.82) is 0 Å². The lowest BCUT2D eigenvalue weighted by Gasteiger charge is -2.07. The zero-order valence-electron chi connectivity index (χ0n) is 13.2. The number of hydrogen-bond donors (Lipinski definition) is 1. The molecule has 7 nitrogen and oxygen atoms in total. The third-order valence-corrected chi connectivity index (χ3v) is 5.31. The van der Waals surface area contributed by atoms with Crippen LogP contribution in [0.1, 0.15) is 37.8 Å². The van der Waals surface area contributed by atoms with E-state index in [0.717, 1.165) is 29.7 Å². The second-order valence-electron chi connectivity index (χ2n) is 5.28. The number of ether oxygens (including phenoxy) is 2. The molecular weight excluding hydrogens is 414 g/mol. The molecule has 0 spiro atoms. The molecule has 0 bridgehead atoms. The zero-order valence-corrected chi connectivity index (χ0v) is 15.6. The maximum Gasteiger partial charge on any atom is 0.374 e. The Morgan fingerprint density at radius 3 is 2.76 bits per heavy atom. The summed E-state index contributed by atoms with van der Waals surface area (Å²) < 4.78 is 15.2. The van der Waals surface area contributed by atoms with Crippen molar-refractivity contribution in [2.75, 3.05) is 19.0 Å². The third kappa shape index (κ3) is 3.77. The van der Waals surface area contributed by atoms with Crippen molar-refractivity contribution in [2.45, 2.75) is 19.3 Å². The number of amides is 1. The van der Waals surface area contributed by atoms with E-state index >= 15 is 0 Å². The molecule has 1 aliphatic carbocycles. The Morgan fingerprint density at radius 2 is 2.08 bits per heavy atom. The van der Waals surface area contributed by atoms with Crippen molar-refractivity contribution in [3.05, 3.63) is 38.6 Å². The number of nitrogens with one attached hydrogen (secondary N) is 1. The number of thiophene rings is 1. The topological polar surface area (TPSA) is 94.8 Å². The van der Waals surface area contributed by atoms with Gasteiger partial charge in [-0.05, 0) is 52.9 Å². The van der Waals surface area contributed by atoms with Gasteiger partial charge < -0.3 is 19.2 Å². The highest BCUT2D eigenvalue weighted by Crippen LogP contribution is 2.39. The Bertz CT molecular complexity index is 840. The Morgan fingerprint density at radius 1 is 1.28 bits per heavy atom. The smallest absolute Gasteiger partial charge is 0.374 e. The first-order valence-corrected chi connectivity index (χ1v) is 9.05. The molecule has 0 radical (unpaired) electrons. The fourth-order valence-corrected chi connectivity index (χ4v) is 4.20. The van der Waals surface area contributed by atoms with Crippen LogP contribution < -0.4 is 5.32 Å². The van der Waals surface area contributed by atoms with Gasteiger partial charge in [0.2, 0.25) is 5.76 Å². The number of hydrogen-bond acceptors (Lipinski definition) is 7. The predicted molar refractivity (Wildman–Crippen MR) is 93.0 cm³/mol. The van der Waals surface area contributed by atoms with Gasteiger partial charge in [0.05, 0.1) is 12.7 Å². The van der Waals surface area contributed by atoms with Crippen LogP contribution >= 0.6 is 27.3 Å². The lowest BCUT2D eigenvalue weighted by atomic mass is 10.1. The summed E-state index contributed by atoms with van der Waals surface area (Å²) in [6.45, 7) is -0.486. The molecule has 0 saturated carbocycles. The number of carbonyl (C=O) groups is 3. The van der Waals surface area contributed by atoms with Crippen LogP contribution in [0, 0.1) is 0 Å². The van der Waals surface area contributed by atoms with Crippen molar-refractivity contribution in [3.8, 4) is 0 Å². The third-order valence-electron chi connectivity index (χ3n) is 3.67. The summed E-state index contributed by atoms with van der Waals surface area (Å²) in [4.78, 5) is 36.9. The van der Waals surface area contributed by atoms with Crippen LogP contribution in [0.3, 0.4) is 0 Å². The number of aryl methyl sites for hydroxylation is 1. The van der Waals surface area contributed by atoms with E-state index < -0.39 is 24.5 Å². The molecule has 2 aromatic rings. The summed E-state index contributed by atoms with van der Waals surface area (Å²) in [7, 11) is 1.30. The lowest BCUT2D eigenvalue weighted by Crippen LogP contribution is -2.21. The molecule has 1 aliphatic rings. The fraction of sp³-hybridized carbons (Fsp3) is 0.312. The quantitative estimate of drug-likeness (QED) is 0.736. The number of fused-ring (bicyclic) bond motifs is 1. The van der Waals surface area contributed by atoms with E-state index in [1.54, 1.807) is 6.07 Å². The molecular formula is C16H14BrNO6S. The van der Waals surface area contributed by atoms with Gasteiger partial charge in [0.15, 0.2) is 11.3 Å². The summed E-state index contributed by atoms with van der Waals surface area (Å²) in [6.07, 6.45) is 2.65. The minimum atomic E-state index is -0.747. The van der Waals surface area contributed by atoms with Crippen LogP contribution in [-0.4, -0.2) is 31.6 Å². The summed E-state index contributed by atoms with van der Waals surface area (Å²) in [5, 5.41) is 3.06. The van der Waals surface area contributed by atoms with Gasteiger partial charge in [0.25, 0.3) is 5.91 Å². The first-order valence-electron chi connectivity index (χ1n) is 7.44. The Labute approximate surface area is 155 Å². The molecule has 25 heavy (non-hydrogen) atoms. The van der Waals surface area contributed by atoms with Crippen LogP contribution in [0.5, 0.6) is 0 Å². The van der Waals surface area contributed by atoms with Gasteiger partial charge in [0.1, 0.15) is 5.00 Å². The van der Waals surface area contributed by atoms with E-state index in [9.17, 15) is 14.4 Å². The molecule has 132 valence electrons. The van der Waals surface area contributed by atoms with Crippen molar-refractivity contribution in [3.63, 3.8) is 0 Å². The molecule has 9 heteroatoms. The highest BCUT2D eigenvalue weighted by atomic mass is 79.9. The van der Waals surface area contributed by atoms with Crippen molar-refractivity contribution in [1.82, 2.24) is 0 Å². The van der Waals surface area contributed by atoms with Gasteiger partial charge in [-0.25, -0.2) is 9.59 Å². The Hall–Kier alpha value is -2.13. The molecule has 0 saturated heterocycles. The largest absolute Gasteiger partial charge is 0.465 e. The van der Waals surface area contributed by atoms with E-state index in [1.807, 2.05) is 0 Å². The number of anilines is 1. The Kier molecular flexibility index (Phi) is 5.24. The predicted octanol–water partition coefficient (Wildman–Crippen LogP) is 3.17. The van der Waals surface area contributed by atoms with E-state index in [-0.39, 0.29) is 5.76 Å². The molecule has 1 N–H and O–H groups in total. The van der Waals surface area contributed by atoms with Crippen LogP contribution in [-0.2, 0) is 27.1 Å². The van der Waals surface area contributed by atoms with Crippen molar-refractivity contribution < 1.29 is 28.3 Å². The maximum absolute atomic E-state index is 12.1. The SMILES string of the molecule is COC(=O)c1c(NC(=O)COC(=O)c2ccc(Br)o2)sc2c1CCC2. The van der Waals surface area contributed by atoms with E-state index in [4.69, 9.17) is 13.9 Å². The molecule has 2 aromatic heterocycles. The van der Waals surface area contributed by atoms with Gasteiger partial charge in [-0.3, -0.25) is 4.79 Å². The second-order valence-corrected chi connectivity index (χ2v) is 7.17. The van der Waals surface area contributed by atoms with Crippen molar-refractivity contribution in [2.24, 2.45) is 0 Å². The maximum atomic E-state index is 12.1. The van der Waals surface area contributed by atoms with Crippen LogP contribution in [0.4, 0.5) is 5.00 Å². The standard InChI is InChI=1S/C16H14BrNO6S/c1-22-16(21)13-8-3-2-4-10(8)25-14(13)18-12(19)7-23-15(20)9-5-6-11(17)24-9/h5-6H,2-4,7H2,1H3,(H,18,19). The number of furan rings is 1. The van der Waals surface area contributed by atoms with Crippen LogP contribution in [0.2, 0.25) is 0 Å². The highest BCUT2D eigenvalue weighted by Gasteiger charge is 2.28. The summed E-state index contributed by atoms with van der Waals surface area (Å²) in [5.41, 5.74) is 1.33. The minimum Gasteiger partial charge on any atom is -0.465 e. The van der Waals surface area contributed by atoms with E-state index in [1.165, 1.54) is 24.5 Å². The summed E-state index contributed by atoms with van der Waals surface area (Å²) >= 11 is 4.43. The molecule has 2 heterocycles. The van der Waals surface area contributed by atoms with Crippen molar-refractivity contribution >= 4 is 50.1 Å². The monoisotopic (exact) mass is 427 g/mol. The molecule has 0 aromatic carbocycles. The minimum absolute atomic E-state index is 0.00924. The molecule has 0 aliphatic heterocycles. The number of carbonyl (C=O) groups excluding carboxylic acids is 3. The number of methoxy groups -OCH3 is 1. The summed E-state index contributed by atoms with van der Waals surface area (Å²) in [6, 6.07) is 2.98. The number of rotatable bonds is 5. The molecule has 0 atom stereocenters. The second kappa shape index (κ2) is 7.40. The average Bonchev–Trinajstić information content (AvgIpc) is 3.27.